The number of amides is 1. The summed E-state index contributed by atoms with van der Waals surface area (Å²) in [5.74, 6) is -0.301. The smallest absolute Gasteiger partial charge is 0.256 e. The van der Waals surface area contributed by atoms with Crippen molar-refractivity contribution in [2.75, 3.05) is 24.6 Å². The Morgan fingerprint density at radius 2 is 1.90 bits per heavy atom. The van der Waals surface area contributed by atoms with E-state index in [-0.39, 0.29) is 19.0 Å². The first-order valence-electron chi connectivity index (χ1n) is 13.0. The molecule has 0 radical (unpaired) electrons. The molecular weight excluding hydrogens is 511 g/mol. The van der Waals surface area contributed by atoms with E-state index in [1.54, 1.807) is 47.4 Å². The van der Waals surface area contributed by atoms with E-state index in [4.69, 9.17) is 9.72 Å². The number of aliphatic hydroxyl groups is 1. The summed E-state index contributed by atoms with van der Waals surface area (Å²) in [6.45, 7) is 2.68. The molecule has 1 aliphatic rings. The quantitative estimate of drug-likeness (QED) is 0.302. The first-order valence-corrected chi connectivity index (χ1v) is 13.0. The number of anilines is 2. The van der Waals surface area contributed by atoms with Crippen molar-refractivity contribution in [1.29, 1.82) is 0 Å². The van der Waals surface area contributed by atoms with Gasteiger partial charge in [0.1, 0.15) is 11.6 Å². The number of aromatic nitrogens is 4. The molecule has 1 N–H and O–H groups in total. The average Bonchev–Trinajstić information content (AvgIpc) is 3.49. The van der Waals surface area contributed by atoms with Crippen molar-refractivity contribution < 1.29 is 19.0 Å². The number of fused-ring (bicyclic) bond motifs is 2. The number of hydrogen-bond acceptors (Lipinski definition) is 7. The van der Waals surface area contributed by atoms with E-state index in [0.29, 0.717) is 45.9 Å². The second-order valence-electron chi connectivity index (χ2n) is 9.52. The molecular formula is C30H27FN6O3. The molecule has 0 saturated heterocycles. The normalized spacial score (nSPS) is 14.6. The maximum absolute atomic E-state index is 14.7. The minimum absolute atomic E-state index is 0.189. The van der Waals surface area contributed by atoms with Crippen molar-refractivity contribution in [3.05, 3.63) is 96.2 Å². The molecule has 0 aliphatic carbocycles. The summed E-state index contributed by atoms with van der Waals surface area (Å²) in [5, 5.41) is 15.1. The molecule has 1 atom stereocenters. The standard InChI is InChI=1S/C30H27FN6O3/c1-3-40-23-13-20(31)12-22(14-23)36(10-11-37-29(38)24-6-4-5-7-25(24)30(37)39)21-8-9-26-27(15-21)34-28(17-32-26)19-16-33-35(2)18-19/h4-9,12-18,29,38H,3,10-11H2,1-2H3. The maximum Gasteiger partial charge on any atom is 0.256 e. The Morgan fingerprint density at radius 1 is 1.05 bits per heavy atom. The third-order valence-electron chi connectivity index (χ3n) is 6.91. The van der Waals surface area contributed by atoms with Gasteiger partial charge in [-0.3, -0.25) is 14.5 Å². The predicted molar refractivity (Wildman–Crippen MR) is 149 cm³/mol. The molecule has 0 spiro atoms. The lowest BCUT2D eigenvalue weighted by atomic mass is 10.1. The van der Waals surface area contributed by atoms with Crippen molar-refractivity contribution >= 4 is 28.3 Å². The van der Waals surface area contributed by atoms with Gasteiger partial charge in [-0.05, 0) is 37.3 Å². The van der Waals surface area contributed by atoms with Gasteiger partial charge in [0.25, 0.3) is 5.91 Å². The lowest BCUT2D eigenvalue weighted by Crippen LogP contribution is -2.35. The van der Waals surface area contributed by atoms with Crippen LogP contribution in [0, 0.1) is 5.82 Å². The Kier molecular flexibility index (Phi) is 6.61. The van der Waals surface area contributed by atoms with E-state index in [1.165, 1.54) is 17.0 Å². The molecule has 1 aliphatic heterocycles. The monoisotopic (exact) mass is 538 g/mol. The van der Waals surface area contributed by atoms with Gasteiger partial charge in [0.05, 0.1) is 35.7 Å². The summed E-state index contributed by atoms with van der Waals surface area (Å²) >= 11 is 0. The number of nitrogens with zero attached hydrogens (tertiary/aromatic N) is 6. The zero-order valence-corrected chi connectivity index (χ0v) is 22.0. The molecule has 40 heavy (non-hydrogen) atoms. The maximum atomic E-state index is 14.7. The fourth-order valence-corrected chi connectivity index (χ4v) is 5.00. The number of carbonyl (C=O) groups excluding carboxylic acids is 1. The fraction of sp³-hybridized carbons (Fsp3) is 0.200. The molecule has 1 unspecified atom stereocenters. The molecule has 0 bridgehead atoms. The van der Waals surface area contributed by atoms with Gasteiger partial charge < -0.3 is 19.6 Å². The molecule has 5 aromatic rings. The van der Waals surface area contributed by atoms with Crippen LogP contribution in [0.3, 0.4) is 0 Å². The van der Waals surface area contributed by atoms with Crippen molar-refractivity contribution in [2.45, 2.75) is 13.2 Å². The van der Waals surface area contributed by atoms with Gasteiger partial charge >= 0.3 is 0 Å². The Labute approximate surface area is 230 Å². The average molecular weight is 539 g/mol. The third kappa shape index (κ3) is 4.73. The summed E-state index contributed by atoms with van der Waals surface area (Å²) in [6, 6.07) is 17.1. The molecule has 9 nitrogen and oxygen atoms in total. The second-order valence-corrected chi connectivity index (χ2v) is 9.52. The minimum atomic E-state index is -1.05. The van der Waals surface area contributed by atoms with Crippen LogP contribution < -0.4 is 9.64 Å². The van der Waals surface area contributed by atoms with Crippen LogP contribution in [-0.4, -0.2) is 55.4 Å². The van der Waals surface area contributed by atoms with Gasteiger partial charge in [0, 0.05) is 66.5 Å². The van der Waals surface area contributed by atoms with Gasteiger partial charge in [-0.1, -0.05) is 18.2 Å². The zero-order chi connectivity index (χ0) is 27.8. The van der Waals surface area contributed by atoms with Crippen molar-refractivity contribution in [2.24, 2.45) is 7.05 Å². The first-order chi connectivity index (χ1) is 19.4. The molecule has 0 saturated carbocycles. The number of halogens is 1. The van der Waals surface area contributed by atoms with Gasteiger partial charge in [0.15, 0.2) is 6.23 Å². The largest absolute Gasteiger partial charge is 0.494 e. The Morgan fingerprint density at radius 3 is 2.67 bits per heavy atom. The number of aliphatic hydroxyl groups excluding tert-OH is 1. The lowest BCUT2D eigenvalue weighted by Gasteiger charge is -2.29. The van der Waals surface area contributed by atoms with Crippen LogP contribution in [0.4, 0.5) is 15.8 Å². The number of carbonyl (C=O) groups is 1. The van der Waals surface area contributed by atoms with Crippen LogP contribution in [0.1, 0.15) is 29.1 Å². The number of rotatable bonds is 8. The number of benzene rings is 3. The van der Waals surface area contributed by atoms with Gasteiger partial charge in [-0.15, -0.1) is 0 Å². The molecule has 2 aromatic heterocycles. The van der Waals surface area contributed by atoms with Crippen molar-refractivity contribution in [1.82, 2.24) is 24.6 Å². The molecule has 3 heterocycles. The first kappa shape index (κ1) is 25.4. The molecule has 1 amide bonds. The summed E-state index contributed by atoms with van der Waals surface area (Å²) in [7, 11) is 1.84. The van der Waals surface area contributed by atoms with Gasteiger partial charge in [-0.2, -0.15) is 5.10 Å². The van der Waals surface area contributed by atoms with Crippen LogP contribution in [0.15, 0.2) is 79.3 Å². The van der Waals surface area contributed by atoms with Crippen LogP contribution in [0.5, 0.6) is 5.75 Å². The topological polar surface area (TPSA) is 96.6 Å². The van der Waals surface area contributed by atoms with E-state index >= 15 is 0 Å². The SMILES string of the molecule is CCOc1cc(F)cc(N(CCN2C(=O)c3ccccc3C2O)c2ccc3ncc(-c4cnn(C)c4)nc3c2)c1. The highest BCUT2D eigenvalue weighted by Crippen LogP contribution is 2.34. The molecule has 202 valence electrons. The fourth-order valence-electron chi connectivity index (χ4n) is 5.00. The molecule has 0 fully saturated rings. The van der Waals surface area contributed by atoms with E-state index < -0.39 is 12.0 Å². The zero-order valence-electron chi connectivity index (χ0n) is 22.0. The Balaban J connectivity index is 1.38. The summed E-state index contributed by atoms with van der Waals surface area (Å²) in [6.07, 6.45) is 4.24. The Bertz CT molecular complexity index is 1720. The third-order valence-corrected chi connectivity index (χ3v) is 6.91. The summed E-state index contributed by atoms with van der Waals surface area (Å²) < 4.78 is 22.0. The lowest BCUT2D eigenvalue weighted by molar-refractivity contribution is 0.0192. The molecule has 6 rings (SSSR count). The highest BCUT2D eigenvalue weighted by molar-refractivity contribution is 5.99. The number of hydrogen-bond donors (Lipinski definition) is 1. The summed E-state index contributed by atoms with van der Waals surface area (Å²) in [5.41, 5.74) is 5.18. The number of ether oxygens (including phenoxy) is 1. The van der Waals surface area contributed by atoms with Crippen molar-refractivity contribution in [3.8, 4) is 17.0 Å². The highest BCUT2D eigenvalue weighted by atomic mass is 19.1. The van der Waals surface area contributed by atoms with Crippen LogP contribution in [0.2, 0.25) is 0 Å². The minimum Gasteiger partial charge on any atom is -0.494 e. The molecule has 3 aromatic carbocycles. The van der Waals surface area contributed by atoms with Crippen LogP contribution in [0.25, 0.3) is 22.3 Å². The van der Waals surface area contributed by atoms with Gasteiger partial charge in [0.2, 0.25) is 0 Å². The second kappa shape index (κ2) is 10.4. The number of aryl methyl sites for hydroxylation is 1. The Hall–Kier alpha value is -4.83. The van der Waals surface area contributed by atoms with Crippen molar-refractivity contribution in [3.63, 3.8) is 0 Å². The van der Waals surface area contributed by atoms with Gasteiger partial charge in [-0.25, -0.2) is 9.37 Å². The van der Waals surface area contributed by atoms with E-state index in [2.05, 4.69) is 10.1 Å². The van der Waals surface area contributed by atoms with Crippen LogP contribution in [-0.2, 0) is 7.05 Å². The van der Waals surface area contributed by atoms with E-state index in [9.17, 15) is 14.3 Å². The molecule has 10 heteroatoms. The predicted octanol–water partition coefficient (Wildman–Crippen LogP) is 4.85. The summed E-state index contributed by atoms with van der Waals surface area (Å²) in [4.78, 5) is 25.7. The highest BCUT2D eigenvalue weighted by Gasteiger charge is 2.35. The van der Waals surface area contributed by atoms with E-state index in [0.717, 1.165) is 11.3 Å². The van der Waals surface area contributed by atoms with Crippen LogP contribution >= 0.6 is 0 Å². The van der Waals surface area contributed by atoms with E-state index in [1.807, 2.05) is 43.3 Å².